The Kier molecular flexibility index (Phi) is 6.71. The quantitative estimate of drug-likeness (QED) is 0.485. The monoisotopic (exact) mass is 403 g/mol. The van der Waals surface area contributed by atoms with Gasteiger partial charge in [0.1, 0.15) is 18.2 Å². The lowest BCUT2D eigenvalue weighted by Gasteiger charge is -2.14. The van der Waals surface area contributed by atoms with Gasteiger partial charge in [-0.1, -0.05) is 29.8 Å². The summed E-state index contributed by atoms with van der Waals surface area (Å²) in [4.78, 5) is 0. The molecule has 0 aliphatic rings. The van der Waals surface area contributed by atoms with E-state index in [4.69, 9.17) is 21.1 Å². The number of halogens is 3. The maximum absolute atomic E-state index is 13.3. The highest BCUT2D eigenvalue weighted by molar-refractivity contribution is 6.31. The molecule has 1 N–H and O–H groups in total. The number of nitrogens with one attached hydrogen (secondary N) is 1. The second-order valence-electron chi connectivity index (χ2n) is 6.12. The summed E-state index contributed by atoms with van der Waals surface area (Å²) >= 11 is 5.80. The first-order valence-electron chi connectivity index (χ1n) is 8.87. The first-order chi connectivity index (χ1) is 13.5. The molecule has 3 aromatic carbocycles. The maximum atomic E-state index is 13.3. The molecule has 0 fully saturated rings. The van der Waals surface area contributed by atoms with Crippen LogP contribution in [0.3, 0.4) is 0 Å². The minimum absolute atomic E-state index is 0.0705. The van der Waals surface area contributed by atoms with E-state index in [1.165, 1.54) is 24.3 Å². The fraction of sp³-hybridized carbons (Fsp3) is 0.182. The summed E-state index contributed by atoms with van der Waals surface area (Å²) in [5.41, 5.74) is 2.42. The van der Waals surface area contributed by atoms with Gasteiger partial charge >= 0.3 is 0 Å². The van der Waals surface area contributed by atoms with Crippen molar-refractivity contribution in [2.75, 3.05) is 11.9 Å². The van der Waals surface area contributed by atoms with Gasteiger partial charge in [0.05, 0.1) is 11.6 Å². The SMILES string of the molecule is CCOc1cc(CNc2ccc(F)c(Cl)c2)ccc1OCc1cccc(F)c1. The number of ether oxygens (including phenoxy) is 2. The Hall–Kier alpha value is -2.79. The zero-order chi connectivity index (χ0) is 19.9. The Morgan fingerprint density at radius 3 is 2.50 bits per heavy atom. The van der Waals surface area contributed by atoms with E-state index >= 15 is 0 Å². The van der Waals surface area contributed by atoms with Crippen LogP contribution in [0.1, 0.15) is 18.1 Å². The predicted molar refractivity (Wildman–Crippen MR) is 107 cm³/mol. The molecule has 0 atom stereocenters. The van der Waals surface area contributed by atoms with Crippen LogP contribution in [-0.4, -0.2) is 6.61 Å². The summed E-state index contributed by atoms with van der Waals surface area (Å²) in [5, 5.41) is 3.26. The summed E-state index contributed by atoms with van der Waals surface area (Å²) in [6.45, 7) is 3.12. The topological polar surface area (TPSA) is 30.5 Å². The number of rotatable bonds is 8. The molecule has 0 aliphatic carbocycles. The molecule has 0 saturated heterocycles. The molecule has 0 radical (unpaired) electrons. The van der Waals surface area contributed by atoms with Crippen LogP contribution in [0.25, 0.3) is 0 Å². The fourth-order valence-corrected chi connectivity index (χ4v) is 2.83. The predicted octanol–water partition coefficient (Wildman–Crippen LogP) is 6.21. The van der Waals surface area contributed by atoms with E-state index in [-0.39, 0.29) is 17.4 Å². The summed E-state index contributed by atoms with van der Waals surface area (Å²) in [6, 6.07) is 16.4. The van der Waals surface area contributed by atoms with Crippen LogP contribution in [-0.2, 0) is 13.2 Å². The van der Waals surface area contributed by atoms with Crippen molar-refractivity contribution in [3.63, 3.8) is 0 Å². The maximum Gasteiger partial charge on any atom is 0.161 e. The molecule has 0 saturated carbocycles. The van der Waals surface area contributed by atoms with Crippen molar-refractivity contribution < 1.29 is 18.3 Å². The number of anilines is 1. The Bertz CT molecular complexity index is 950. The molecule has 0 aliphatic heterocycles. The third-order valence-corrected chi connectivity index (χ3v) is 4.30. The lowest BCUT2D eigenvalue weighted by Crippen LogP contribution is -2.03. The van der Waals surface area contributed by atoms with E-state index in [1.807, 2.05) is 25.1 Å². The highest BCUT2D eigenvalue weighted by Gasteiger charge is 2.08. The zero-order valence-corrected chi connectivity index (χ0v) is 16.1. The molecule has 3 rings (SSSR count). The standard InChI is InChI=1S/C22H20ClF2NO2/c1-2-27-22-11-15(13-26-18-7-8-20(25)19(23)12-18)6-9-21(22)28-14-16-4-3-5-17(24)10-16/h3-12,26H,2,13-14H2,1H3. The van der Waals surface area contributed by atoms with Crippen molar-refractivity contribution in [3.8, 4) is 11.5 Å². The zero-order valence-electron chi connectivity index (χ0n) is 15.3. The van der Waals surface area contributed by atoms with Crippen LogP contribution in [0, 0.1) is 11.6 Å². The number of benzene rings is 3. The highest BCUT2D eigenvalue weighted by atomic mass is 35.5. The lowest BCUT2D eigenvalue weighted by atomic mass is 10.2. The van der Waals surface area contributed by atoms with Crippen LogP contribution in [0.2, 0.25) is 5.02 Å². The molecule has 6 heteroatoms. The van der Waals surface area contributed by atoms with Gasteiger partial charge in [-0.15, -0.1) is 0 Å². The van der Waals surface area contributed by atoms with Gasteiger partial charge in [0, 0.05) is 12.2 Å². The smallest absolute Gasteiger partial charge is 0.161 e. The lowest BCUT2D eigenvalue weighted by molar-refractivity contribution is 0.269. The number of hydrogen-bond acceptors (Lipinski definition) is 3. The summed E-state index contributed by atoms with van der Waals surface area (Å²) in [6.07, 6.45) is 0. The van der Waals surface area contributed by atoms with Crippen molar-refractivity contribution in [2.24, 2.45) is 0 Å². The molecule has 0 spiro atoms. The molecule has 28 heavy (non-hydrogen) atoms. The van der Waals surface area contributed by atoms with Crippen LogP contribution < -0.4 is 14.8 Å². The van der Waals surface area contributed by atoms with Crippen LogP contribution in [0.15, 0.2) is 60.7 Å². The van der Waals surface area contributed by atoms with Crippen molar-refractivity contribution in [1.29, 1.82) is 0 Å². The molecular formula is C22H20ClF2NO2. The normalized spacial score (nSPS) is 10.6. The summed E-state index contributed by atoms with van der Waals surface area (Å²) in [7, 11) is 0. The first kappa shape index (κ1) is 20.0. The van der Waals surface area contributed by atoms with E-state index < -0.39 is 5.82 Å². The minimum atomic E-state index is -0.453. The summed E-state index contributed by atoms with van der Waals surface area (Å²) < 4.78 is 38.0. The van der Waals surface area contributed by atoms with E-state index in [0.717, 1.165) is 16.8 Å². The van der Waals surface area contributed by atoms with Gasteiger partial charge in [-0.05, 0) is 60.5 Å². The van der Waals surface area contributed by atoms with Gasteiger partial charge in [0.2, 0.25) is 0 Å². The molecule has 0 unspecified atom stereocenters. The molecule has 3 aromatic rings. The first-order valence-corrected chi connectivity index (χ1v) is 9.25. The third kappa shape index (κ3) is 5.36. The molecule has 0 amide bonds. The molecule has 0 aromatic heterocycles. The van der Waals surface area contributed by atoms with Crippen molar-refractivity contribution in [2.45, 2.75) is 20.1 Å². The van der Waals surface area contributed by atoms with Gasteiger partial charge in [-0.2, -0.15) is 0 Å². The van der Waals surface area contributed by atoms with E-state index in [0.29, 0.717) is 24.7 Å². The van der Waals surface area contributed by atoms with Gasteiger partial charge < -0.3 is 14.8 Å². The van der Waals surface area contributed by atoms with Crippen LogP contribution in [0.5, 0.6) is 11.5 Å². The fourth-order valence-electron chi connectivity index (χ4n) is 2.65. The molecule has 0 heterocycles. The van der Waals surface area contributed by atoms with Gasteiger partial charge in [-0.25, -0.2) is 8.78 Å². The second-order valence-corrected chi connectivity index (χ2v) is 6.52. The molecular weight excluding hydrogens is 384 g/mol. The van der Waals surface area contributed by atoms with Gasteiger partial charge in [0.25, 0.3) is 0 Å². The average Bonchev–Trinajstić information content (AvgIpc) is 2.68. The van der Waals surface area contributed by atoms with Gasteiger partial charge in [-0.3, -0.25) is 0 Å². The molecule has 3 nitrogen and oxygen atoms in total. The largest absolute Gasteiger partial charge is 0.490 e. The third-order valence-electron chi connectivity index (χ3n) is 4.01. The van der Waals surface area contributed by atoms with Crippen molar-refractivity contribution in [3.05, 3.63) is 88.4 Å². The number of hydrogen-bond donors (Lipinski definition) is 1. The molecule has 146 valence electrons. The van der Waals surface area contributed by atoms with Crippen molar-refractivity contribution in [1.82, 2.24) is 0 Å². The molecule has 0 bridgehead atoms. The Balaban J connectivity index is 1.68. The highest BCUT2D eigenvalue weighted by Crippen LogP contribution is 2.30. The minimum Gasteiger partial charge on any atom is -0.490 e. The van der Waals surface area contributed by atoms with E-state index in [9.17, 15) is 8.78 Å². The van der Waals surface area contributed by atoms with E-state index in [2.05, 4.69) is 5.32 Å². The van der Waals surface area contributed by atoms with Gasteiger partial charge in [0.15, 0.2) is 11.5 Å². The van der Waals surface area contributed by atoms with Crippen LogP contribution in [0.4, 0.5) is 14.5 Å². The Morgan fingerprint density at radius 2 is 1.75 bits per heavy atom. The summed E-state index contributed by atoms with van der Waals surface area (Å²) in [5.74, 6) is 0.439. The Labute approximate surface area is 167 Å². The van der Waals surface area contributed by atoms with Crippen molar-refractivity contribution >= 4 is 17.3 Å². The van der Waals surface area contributed by atoms with E-state index in [1.54, 1.807) is 18.2 Å². The Morgan fingerprint density at radius 1 is 0.893 bits per heavy atom. The van der Waals surface area contributed by atoms with Crippen LogP contribution >= 0.6 is 11.6 Å². The average molecular weight is 404 g/mol. The second kappa shape index (κ2) is 9.42.